The zero-order valence-electron chi connectivity index (χ0n) is 12.2. The number of carbonyl (C=O) groups is 2. The number of hydrogen-bond donors (Lipinski definition) is 0. The van der Waals surface area contributed by atoms with Gasteiger partial charge in [0.25, 0.3) is 0 Å². The molecule has 6 heteroatoms. The third-order valence-corrected chi connectivity index (χ3v) is 5.17. The molecule has 2 amide bonds. The van der Waals surface area contributed by atoms with Crippen molar-refractivity contribution in [2.45, 2.75) is 25.7 Å². The van der Waals surface area contributed by atoms with Crippen LogP contribution in [0.2, 0.25) is 10.0 Å². The Bertz CT molecular complexity index is 600. The van der Waals surface area contributed by atoms with E-state index in [9.17, 15) is 9.59 Å². The molecule has 4 nitrogen and oxygen atoms in total. The molecule has 0 N–H and O–H groups in total. The number of amides is 2. The number of benzene rings is 1. The van der Waals surface area contributed by atoms with E-state index in [0.29, 0.717) is 22.3 Å². The molecule has 1 atom stereocenters. The molecule has 0 spiro atoms. The maximum absolute atomic E-state index is 12.6. The predicted octanol–water partition coefficient (Wildman–Crippen LogP) is 3.36. The second-order valence-corrected chi connectivity index (χ2v) is 6.65. The summed E-state index contributed by atoms with van der Waals surface area (Å²) in [6.45, 7) is 2.00. The van der Waals surface area contributed by atoms with Gasteiger partial charge in [0.05, 0.1) is 21.7 Å². The molecule has 2 aliphatic rings. The normalized spacial score (nSPS) is 22.3. The van der Waals surface area contributed by atoms with Gasteiger partial charge in [-0.25, -0.2) is 0 Å². The van der Waals surface area contributed by atoms with E-state index < -0.39 is 0 Å². The van der Waals surface area contributed by atoms with Crippen molar-refractivity contribution in [1.82, 2.24) is 4.90 Å². The average Bonchev–Trinajstić information content (AvgIpc) is 2.92. The molecule has 0 bridgehead atoms. The van der Waals surface area contributed by atoms with Crippen LogP contribution in [0.1, 0.15) is 25.7 Å². The summed E-state index contributed by atoms with van der Waals surface area (Å²) in [6.07, 6.45) is 3.53. The molecule has 22 heavy (non-hydrogen) atoms. The lowest BCUT2D eigenvalue weighted by atomic mass is 10.0. The summed E-state index contributed by atoms with van der Waals surface area (Å²) < 4.78 is 0. The van der Waals surface area contributed by atoms with Crippen molar-refractivity contribution in [3.05, 3.63) is 28.2 Å². The molecule has 1 unspecified atom stereocenters. The van der Waals surface area contributed by atoms with E-state index in [-0.39, 0.29) is 24.2 Å². The molecule has 2 aliphatic heterocycles. The average molecular weight is 341 g/mol. The minimum Gasteiger partial charge on any atom is -0.342 e. The third kappa shape index (κ3) is 2.95. The minimum absolute atomic E-state index is 0.0699. The molecular formula is C16H18Cl2N2O2. The van der Waals surface area contributed by atoms with E-state index in [0.717, 1.165) is 25.9 Å². The van der Waals surface area contributed by atoms with Crippen molar-refractivity contribution < 1.29 is 9.59 Å². The quantitative estimate of drug-likeness (QED) is 0.828. The molecular weight excluding hydrogens is 323 g/mol. The molecule has 2 saturated heterocycles. The van der Waals surface area contributed by atoms with Gasteiger partial charge in [-0.3, -0.25) is 9.59 Å². The second-order valence-electron chi connectivity index (χ2n) is 5.86. The Morgan fingerprint density at radius 3 is 2.59 bits per heavy atom. The Labute approximate surface area is 140 Å². The number of piperidine rings is 1. The summed E-state index contributed by atoms with van der Waals surface area (Å²) in [5.74, 6) is -0.256. The van der Waals surface area contributed by atoms with E-state index in [2.05, 4.69) is 0 Å². The highest BCUT2D eigenvalue weighted by Gasteiger charge is 2.38. The maximum atomic E-state index is 12.6. The Balaban J connectivity index is 1.75. The van der Waals surface area contributed by atoms with Gasteiger partial charge < -0.3 is 9.80 Å². The second kappa shape index (κ2) is 6.47. The molecule has 0 radical (unpaired) electrons. The van der Waals surface area contributed by atoms with Crippen molar-refractivity contribution in [2.75, 3.05) is 24.5 Å². The van der Waals surface area contributed by atoms with Crippen LogP contribution in [0.25, 0.3) is 0 Å². The highest BCUT2D eigenvalue weighted by Crippen LogP contribution is 2.36. The Kier molecular flexibility index (Phi) is 4.59. The smallest absolute Gasteiger partial charge is 0.228 e. The van der Waals surface area contributed by atoms with E-state index in [4.69, 9.17) is 23.2 Å². The fourth-order valence-electron chi connectivity index (χ4n) is 3.18. The predicted molar refractivity (Wildman–Crippen MR) is 87.4 cm³/mol. The van der Waals surface area contributed by atoms with Gasteiger partial charge in [-0.1, -0.05) is 29.3 Å². The van der Waals surface area contributed by atoms with Crippen LogP contribution < -0.4 is 4.90 Å². The molecule has 3 rings (SSSR count). The summed E-state index contributed by atoms with van der Waals surface area (Å²) >= 11 is 12.2. The lowest BCUT2D eigenvalue weighted by Crippen LogP contribution is -2.40. The van der Waals surface area contributed by atoms with E-state index in [1.165, 1.54) is 6.42 Å². The highest BCUT2D eigenvalue weighted by molar-refractivity contribution is 6.44. The maximum Gasteiger partial charge on any atom is 0.228 e. The number of anilines is 1. The van der Waals surface area contributed by atoms with Gasteiger partial charge >= 0.3 is 0 Å². The van der Waals surface area contributed by atoms with Gasteiger partial charge in [0.1, 0.15) is 0 Å². The van der Waals surface area contributed by atoms with Gasteiger partial charge in [0.2, 0.25) is 11.8 Å². The Morgan fingerprint density at radius 2 is 1.86 bits per heavy atom. The molecule has 1 aromatic carbocycles. The zero-order chi connectivity index (χ0) is 15.7. The van der Waals surface area contributed by atoms with Crippen molar-refractivity contribution >= 4 is 40.7 Å². The van der Waals surface area contributed by atoms with Gasteiger partial charge in [-0.05, 0) is 31.4 Å². The van der Waals surface area contributed by atoms with Crippen LogP contribution in [0.5, 0.6) is 0 Å². The van der Waals surface area contributed by atoms with Gasteiger partial charge in [0, 0.05) is 26.1 Å². The largest absolute Gasteiger partial charge is 0.342 e. The summed E-state index contributed by atoms with van der Waals surface area (Å²) in [6, 6.07) is 5.21. The van der Waals surface area contributed by atoms with Crippen molar-refractivity contribution in [1.29, 1.82) is 0 Å². The first-order chi connectivity index (χ1) is 10.6. The fraction of sp³-hybridized carbons (Fsp3) is 0.500. The summed E-state index contributed by atoms with van der Waals surface area (Å²) in [5, 5.41) is 0.779. The highest BCUT2D eigenvalue weighted by atomic mass is 35.5. The lowest BCUT2D eigenvalue weighted by molar-refractivity contribution is -0.136. The van der Waals surface area contributed by atoms with Crippen LogP contribution in [0.15, 0.2) is 18.2 Å². The number of nitrogens with zero attached hydrogens (tertiary/aromatic N) is 2. The zero-order valence-corrected chi connectivity index (χ0v) is 13.7. The standard InChI is InChI=1S/C16H18Cl2N2O2/c17-12-5-4-6-13(15(12)18)20-10-11(9-14(20)21)16(22)19-7-2-1-3-8-19/h4-6,11H,1-3,7-10H2. The topological polar surface area (TPSA) is 40.6 Å². The molecule has 0 aromatic heterocycles. The number of rotatable bonds is 2. The molecule has 1 aromatic rings. The Hall–Kier alpha value is -1.26. The van der Waals surface area contributed by atoms with Crippen LogP contribution >= 0.6 is 23.2 Å². The molecule has 0 saturated carbocycles. The lowest BCUT2D eigenvalue weighted by Gasteiger charge is -2.29. The third-order valence-electron chi connectivity index (χ3n) is 4.36. The van der Waals surface area contributed by atoms with Crippen LogP contribution in [-0.2, 0) is 9.59 Å². The van der Waals surface area contributed by atoms with Crippen molar-refractivity contribution in [2.24, 2.45) is 5.92 Å². The summed E-state index contributed by atoms with van der Waals surface area (Å²) in [5.41, 5.74) is 0.591. The first kappa shape index (κ1) is 15.6. The molecule has 2 heterocycles. The van der Waals surface area contributed by atoms with Gasteiger partial charge in [0.15, 0.2) is 0 Å². The van der Waals surface area contributed by atoms with Crippen molar-refractivity contribution in [3.63, 3.8) is 0 Å². The molecule has 118 valence electrons. The van der Waals surface area contributed by atoms with Crippen LogP contribution in [0, 0.1) is 5.92 Å². The van der Waals surface area contributed by atoms with Crippen LogP contribution in [0.3, 0.4) is 0 Å². The Morgan fingerprint density at radius 1 is 1.14 bits per heavy atom. The van der Waals surface area contributed by atoms with E-state index in [1.54, 1.807) is 23.1 Å². The minimum atomic E-state index is -0.277. The van der Waals surface area contributed by atoms with E-state index >= 15 is 0 Å². The van der Waals surface area contributed by atoms with Crippen LogP contribution in [0.4, 0.5) is 5.69 Å². The van der Waals surface area contributed by atoms with Gasteiger partial charge in [-0.2, -0.15) is 0 Å². The summed E-state index contributed by atoms with van der Waals surface area (Å²) in [4.78, 5) is 28.3. The number of carbonyl (C=O) groups excluding carboxylic acids is 2. The number of hydrogen-bond acceptors (Lipinski definition) is 2. The van der Waals surface area contributed by atoms with Crippen LogP contribution in [-0.4, -0.2) is 36.3 Å². The number of likely N-dealkylation sites (tertiary alicyclic amines) is 1. The fourth-order valence-corrected chi connectivity index (χ4v) is 3.58. The first-order valence-electron chi connectivity index (χ1n) is 7.61. The monoisotopic (exact) mass is 340 g/mol. The SMILES string of the molecule is O=C(C1CC(=O)N(c2cccc(Cl)c2Cl)C1)N1CCCCC1. The summed E-state index contributed by atoms with van der Waals surface area (Å²) in [7, 11) is 0. The number of halogens is 2. The first-order valence-corrected chi connectivity index (χ1v) is 8.36. The van der Waals surface area contributed by atoms with Crippen molar-refractivity contribution in [3.8, 4) is 0 Å². The molecule has 0 aliphatic carbocycles. The van der Waals surface area contributed by atoms with E-state index in [1.807, 2.05) is 4.90 Å². The molecule has 2 fully saturated rings. The van der Waals surface area contributed by atoms with Gasteiger partial charge in [-0.15, -0.1) is 0 Å².